The van der Waals surface area contributed by atoms with Crippen LogP contribution in [0.3, 0.4) is 0 Å². The van der Waals surface area contributed by atoms with Crippen molar-refractivity contribution in [2.24, 2.45) is 0 Å². The fourth-order valence-corrected chi connectivity index (χ4v) is 1.16. The standard InChI is InChI=1S/C12H15NO4/c1-9(12(15)16)17-8-7-13-11(14)10-5-3-2-4-6-10/h2-6,9H,7-8H2,1H3,(H,13,14)(H,15,16). The average molecular weight is 237 g/mol. The highest BCUT2D eigenvalue weighted by molar-refractivity contribution is 5.94. The van der Waals surface area contributed by atoms with Crippen LogP contribution in [0.25, 0.3) is 0 Å². The third-order valence-electron chi connectivity index (χ3n) is 2.14. The first-order chi connectivity index (χ1) is 8.11. The molecule has 0 radical (unpaired) electrons. The van der Waals surface area contributed by atoms with E-state index in [1.807, 2.05) is 6.07 Å². The molecule has 17 heavy (non-hydrogen) atoms. The van der Waals surface area contributed by atoms with Crippen LogP contribution in [-0.2, 0) is 9.53 Å². The van der Waals surface area contributed by atoms with E-state index in [4.69, 9.17) is 9.84 Å². The molecule has 92 valence electrons. The number of amides is 1. The van der Waals surface area contributed by atoms with Gasteiger partial charge in [-0.3, -0.25) is 4.79 Å². The van der Waals surface area contributed by atoms with E-state index in [9.17, 15) is 9.59 Å². The smallest absolute Gasteiger partial charge is 0.332 e. The predicted octanol–water partition coefficient (Wildman–Crippen LogP) is 0.906. The summed E-state index contributed by atoms with van der Waals surface area (Å²) < 4.78 is 4.98. The first kappa shape index (κ1) is 13.2. The van der Waals surface area contributed by atoms with Crippen LogP contribution >= 0.6 is 0 Å². The van der Waals surface area contributed by atoms with E-state index in [0.29, 0.717) is 5.56 Å². The molecule has 0 saturated carbocycles. The van der Waals surface area contributed by atoms with E-state index < -0.39 is 12.1 Å². The van der Waals surface area contributed by atoms with Crippen LogP contribution < -0.4 is 5.32 Å². The van der Waals surface area contributed by atoms with Gasteiger partial charge in [-0.05, 0) is 19.1 Å². The minimum Gasteiger partial charge on any atom is -0.479 e. The van der Waals surface area contributed by atoms with E-state index in [1.54, 1.807) is 24.3 Å². The zero-order valence-electron chi connectivity index (χ0n) is 9.55. The first-order valence-corrected chi connectivity index (χ1v) is 5.29. The lowest BCUT2D eigenvalue weighted by Crippen LogP contribution is -2.30. The highest BCUT2D eigenvalue weighted by atomic mass is 16.5. The van der Waals surface area contributed by atoms with Crippen molar-refractivity contribution >= 4 is 11.9 Å². The number of carbonyl (C=O) groups excluding carboxylic acids is 1. The summed E-state index contributed by atoms with van der Waals surface area (Å²) in [6.07, 6.45) is -0.858. The Morgan fingerprint density at radius 1 is 1.35 bits per heavy atom. The first-order valence-electron chi connectivity index (χ1n) is 5.29. The van der Waals surface area contributed by atoms with Crippen LogP contribution in [0.4, 0.5) is 0 Å². The Balaban J connectivity index is 2.24. The van der Waals surface area contributed by atoms with Crippen molar-refractivity contribution in [1.82, 2.24) is 5.32 Å². The maximum Gasteiger partial charge on any atom is 0.332 e. The SMILES string of the molecule is CC(OCCNC(=O)c1ccccc1)C(=O)O. The van der Waals surface area contributed by atoms with Crippen molar-refractivity contribution in [3.63, 3.8) is 0 Å². The Kier molecular flexibility index (Phi) is 5.16. The Labute approximate surface area is 99.4 Å². The van der Waals surface area contributed by atoms with E-state index in [-0.39, 0.29) is 19.1 Å². The van der Waals surface area contributed by atoms with Gasteiger partial charge in [0.2, 0.25) is 0 Å². The largest absolute Gasteiger partial charge is 0.479 e. The monoisotopic (exact) mass is 237 g/mol. The molecule has 0 saturated heterocycles. The molecule has 1 amide bonds. The molecular weight excluding hydrogens is 222 g/mol. The molecule has 0 spiro atoms. The highest BCUT2D eigenvalue weighted by Crippen LogP contribution is 1.97. The number of aliphatic carboxylic acids is 1. The molecule has 1 rings (SSSR count). The number of benzene rings is 1. The molecular formula is C12H15NO4. The number of ether oxygens (including phenoxy) is 1. The van der Waals surface area contributed by atoms with Crippen molar-refractivity contribution < 1.29 is 19.4 Å². The Morgan fingerprint density at radius 3 is 2.59 bits per heavy atom. The quantitative estimate of drug-likeness (QED) is 0.721. The summed E-state index contributed by atoms with van der Waals surface area (Å²) in [7, 11) is 0. The number of carboxylic acid groups (broad SMARTS) is 1. The molecule has 0 aliphatic rings. The van der Waals surface area contributed by atoms with Gasteiger partial charge in [0, 0.05) is 12.1 Å². The minimum absolute atomic E-state index is 0.173. The molecule has 0 aromatic heterocycles. The Hall–Kier alpha value is -1.88. The van der Waals surface area contributed by atoms with Gasteiger partial charge in [0.25, 0.3) is 5.91 Å². The minimum atomic E-state index is -1.01. The highest BCUT2D eigenvalue weighted by Gasteiger charge is 2.10. The number of rotatable bonds is 6. The molecule has 2 N–H and O–H groups in total. The maximum absolute atomic E-state index is 11.5. The zero-order valence-corrected chi connectivity index (χ0v) is 9.55. The summed E-state index contributed by atoms with van der Waals surface area (Å²) in [6, 6.07) is 8.79. The molecule has 1 atom stereocenters. The van der Waals surface area contributed by atoms with Gasteiger partial charge in [-0.1, -0.05) is 18.2 Å². The van der Waals surface area contributed by atoms with Gasteiger partial charge >= 0.3 is 5.97 Å². The van der Waals surface area contributed by atoms with Crippen molar-refractivity contribution in [2.75, 3.05) is 13.2 Å². The third kappa shape index (κ3) is 4.65. The van der Waals surface area contributed by atoms with Crippen molar-refractivity contribution in [3.8, 4) is 0 Å². The van der Waals surface area contributed by atoms with Crippen LogP contribution in [0.1, 0.15) is 17.3 Å². The summed E-state index contributed by atoms with van der Waals surface area (Å²) in [6.45, 7) is 1.90. The second-order valence-electron chi connectivity index (χ2n) is 3.47. The van der Waals surface area contributed by atoms with Crippen LogP contribution in [0, 0.1) is 0 Å². The summed E-state index contributed by atoms with van der Waals surface area (Å²) >= 11 is 0. The van der Waals surface area contributed by atoms with Crippen molar-refractivity contribution in [3.05, 3.63) is 35.9 Å². The second kappa shape index (κ2) is 6.65. The van der Waals surface area contributed by atoms with Gasteiger partial charge < -0.3 is 15.2 Å². The number of hydrogen-bond donors (Lipinski definition) is 2. The molecule has 0 aliphatic heterocycles. The lowest BCUT2D eigenvalue weighted by molar-refractivity contribution is -0.148. The number of nitrogens with one attached hydrogen (secondary N) is 1. The van der Waals surface area contributed by atoms with E-state index >= 15 is 0 Å². The zero-order chi connectivity index (χ0) is 12.7. The van der Waals surface area contributed by atoms with Crippen molar-refractivity contribution in [2.45, 2.75) is 13.0 Å². The van der Waals surface area contributed by atoms with Gasteiger partial charge in [-0.2, -0.15) is 0 Å². The molecule has 0 aliphatic carbocycles. The van der Waals surface area contributed by atoms with E-state index in [2.05, 4.69) is 5.32 Å². The van der Waals surface area contributed by atoms with Gasteiger partial charge in [0.1, 0.15) is 0 Å². The molecule has 5 heteroatoms. The van der Waals surface area contributed by atoms with E-state index in [1.165, 1.54) is 6.92 Å². The summed E-state index contributed by atoms with van der Waals surface area (Å²) in [5.41, 5.74) is 0.568. The number of hydrogen-bond acceptors (Lipinski definition) is 3. The van der Waals surface area contributed by atoms with Gasteiger partial charge in [0.05, 0.1) is 6.61 Å². The molecule has 0 bridgehead atoms. The molecule has 0 heterocycles. The third-order valence-corrected chi connectivity index (χ3v) is 2.14. The number of carboxylic acids is 1. The average Bonchev–Trinajstić information content (AvgIpc) is 2.35. The molecule has 1 unspecified atom stereocenters. The fraction of sp³-hybridized carbons (Fsp3) is 0.333. The number of carbonyl (C=O) groups is 2. The topological polar surface area (TPSA) is 75.6 Å². The predicted molar refractivity (Wildman–Crippen MR) is 61.8 cm³/mol. The molecule has 5 nitrogen and oxygen atoms in total. The van der Waals surface area contributed by atoms with Crippen LogP contribution in [0.5, 0.6) is 0 Å². The van der Waals surface area contributed by atoms with Gasteiger partial charge in [0.15, 0.2) is 6.10 Å². The Morgan fingerprint density at radius 2 is 2.00 bits per heavy atom. The lowest BCUT2D eigenvalue weighted by Gasteiger charge is -2.09. The van der Waals surface area contributed by atoms with Crippen LogP contribution in [0.2, 0.25) is 0 Å². The lowest BCUT2D eigenvalue weighted by atomic mass is 10.2. The molecule has 0 fully saturated rings. The Bertz CT molecular complexity index is 377. The normalized spacial score (nSPS) is 11.8. The second-order valence-corrected chi connectivity index (χ2v) is 3.47. The van der Waals surface area contributed by atoms with Crippen LogP contribution in [0.15, 0.2) is 30.3 Å². The van der Waals surface area contributed by atoms with Gasteiger partial charge in [-0.15, -0.1) is 0 Å². The summed E-state index contributed by atoms with van der Waals surface area (Å²) in [5, 5.41) is 11.2. The molecule has 1 aromatic rings. The van der Waals surface area contributed by atoms with Crippen LogP contribution in [-0.4, -0.2) is 36.2 Å². The summed E-state index contributed by atoms with van der Waals surface area (Å²) in [4.78, 5) is 22.0. The van der Waals surface area contributed by atoms with E-state index in [0.717, 1.165) is 0 Å². The summed E-state index contributed by atoms with van der Waals surface area (Å²) in [5.74, 6) is -1.21. The molecule has 1 aromatic carbocycles. The van der Waals surface area contributed by atoms with Crippen molar-refractivity contribution in [1.29, 1.82) is 0 Å². The van der Waals surface area contributed by atoms with Gasteiger partial charge in [-0.25, -0.2) is 4.79 Å². The fourth-order valence-electron chi connectivity index (χ4n) is 1.16. The maximum atomic E-state index is 11.5.